The monoisotopic (exact) mass is 257 g/mol. The van der Waals surface area contributed by atoms with Crippen molar-refractivity contribution in [3.63, 3.8) is 0 Å². The number of esters is 1. The lowest BCUT2D eigenvalue weighted by atomic mass is 10.0. The molecule has 106 valence electrons. The second-order valence-electron chi connectivity index (χ2n) is 5.67. The Kier molecular flexibility index (Phi) is 7.64. The second kappa shape index (κ2) is 8.11. The topological polar surface area (TPSA) is 55.4 Å². The fourth-order valence-corrected chi connectivity index (χ4v) is 1.50. The number of hydrogen-bond donors (Lipinski definition) is 1. The fraction of sp³-hybridized carbons (Fsp3) is 0.857. The number of carbonyl (C=O) groups excluding carboxylic acids is 2. The minimum atomic E-state index is -0.463. The first-order valence-electron chi connectivity index (χ1n) is 6.75. The van der Waals surface area contributed by atoms with Gasteiger partial charge in [0, 0.05) is 12.5 Å². The van der Waals surface area contributed by atoms with Crippen molar-refractivity contribution in [3.8, 4) is 0 Å². The Balaban J connectivity index is 3.77. The van der Waals surface area contributed by atoms with Gasteiger partial charge in [-0.15, -0.1) is 0 Å². The van der Waals surface area contributed by atoms with E-state index in [0.29, 0.717) is 6.54 Å². The summed E-state index contributed by atoms with van der Waals surface area (Å²) < 4.78 is 5.15. The van der Waals surface area contributed by atoms with Crippen LogP contribution in [-0.2, 0) is 14.3 Å². The maximum absolute atomic E-state index is 11.7. The molecular formula is C14H27NO3. The molecule has 0 heterocycles. The lowest BCUT2D eigenvalue weighted by molar-refractivity contribution is -0.154. The van der Waals surface area contributed by atoms with Crippen molar-refractivity contribution in [1.82, 2.24) is 5.32 Å². The number of hydrogen-bond acceptors (Lipinski definition) is 3. The van der Waals surface area contributed by atoms with E-state index in [1.165, 1.54) is 0 Å². The molecule has 0 aromatic heterocycles. The van der Waals surface area contributed by atoms with E-state index < -0.39 is 5.60 Å². The summed E-state index contributed by atoms with van der Waals surface area (Å²) in [7, 11) is 0. The molecule has 1 N–H and O–H groups in total. The SMILES string of the molecule is CCCCC(C)C(=O)NCCC(=O)OC(C)(C)C. The molecule has 1 amide bonds. The minimum Gasteiger partial charge on any atom is -0.460 e. The van der Waals surface area contributed by atoms with Gasteiger partial charge in [0.1, 0.15) is 5.60 Å². The summed E-state index contributed by atoms with van der Waals surface area (Å²) in [5.74, 6) is -0.236. The van der Waals surface area contributed by atoms with Crippen molar-refractivity contribution in [2.24, 2.45) is 5.92 Å². The molecule has 0 spiro atoms. The van der Waals surface area contributed by atoms with Crippen LogP contribution in [-0.4, -0.2) is 24.0 Å². The van der Waals surface area contributed by atoms with E-state index >= 15 is 0 Å². The highest BCUT2D eigenvalue weighted by Gasteiger charge is 2.17. The number of carbonyl (C=O) groups is 2. The summed E-state index contributed by atoms with van der Waals surface area (Å²) in [4.78, 5) is 23.1. The Morgan fingerprint density at radius 2 is 1.89 bits per heavy atom. The molecule has 0 rings (SSSR count). The first-order valence-corrected chi connectivity index (χ1v) is 6.75. The molecule has 0 aliphatic carbocycles. The molecule has 0 aliphatic rings. The molecule has 4 heteroatoms. The number of nitrogens with one attached hydrogen (secondary N) is 1. The van der Waals surface area contributed by atoms with Crippen LogP contribution in [0.25, 0.3) is 0 Å². The first kappa shape index (κ1) is 16.9. The maximum Gasteiger partial charge on any atom is 0.308 e. The van der Waals surface area contributed by atoms with Crippen LogP contribution in [0.1, 0.15) is 60.3 Å². The molecule has 1 unspecified atom stereocenters. The molecule has 0 radical (unpaired) electrons. The van der Waals surface area contributed by atoms with Crippen LogP contribution < -0.4 is 5.32 Å². The standard InChI is InChI=1S/C14H27NO3/c1-6-7-8-11(2)13(17)15-10-9-12(16)18-14(3,4)5/h11H,6-10H2,1-5H3,(H,15,17). The van der Waals surface area contributed by atoms with Crippen molar-refractivity contribution in [1.29, 1.82) is 0 Å². The lowest BCUT2D eigenvalue weighted by Gasteiger charge is -2.19. The zero-order chi connectivity index (χ0) is 14.2. The Labute approximate surface area is 110 Å². The van der Waals surface area contributed by atoms with E-state index in [-0.39, 0.29) is 24.2 Å². The van der Waals surface area contributed by atoms with Crippen molar-refractivity contribution in [2.45, 2.75) is 65.9 Å². The molecule has 0 fully saturated rings. The average Bonchev–Trinajstić information content (AvgIpc) is 2.23. The Morgan fingerprint density at radius 3 is 2.39 bits per heavy atom. The summed E-state index contributed by atoms with van der Waals surface area (Å²) >= 11 is 0. The van der Waals surface area contributed by atoms with Gasteiger partial charge in [-0.3, -0.25) is 9.59 Å². The minimum absolute atomic E-state index is 0.0172. The molecule has 0 aromatic rings. The van der Waals surface area contributed by atoms with Gasteiger partial charge in [-0.1, -0.05) is 26.7 Å². The number of unbranched alkanes of at least 4 members (excludes halogenated alkanes) is 1. The number of rotatable bonds is 7. The van der Waals surface area contributed by atoms with Gasteiger partial charge in [0.25, 0.3) is 0 Å². The second-order valence-corrected chi connectivity index (χ2v) is 5.67. The van der Waals surface area contributed by atoms with Gasteiger partial charge in [-0.05, 0) is 27.2 Å². The highest BCUT2D eigenvalue weighted by Crippen LogP contribution is 2.09. The van der Waals surface area contributed by atoms with Crippen molar-refractivity contribution in [2.75, 3.05) is 6.54 Å². The van der Waals surface area contributed by atoms with Crippen LogP contribution >= 0.6 is 0 Å². The van der Waals surface area contributed by atoms with Gasteiger partial charge >= 0.3 is 5.97 Å². The van der Waals surface area contributed by atoms with Crippen molar-refractivity contribution < 1.29 is 14.3 Å². The highest BCUT2D eigenvalue weighted by atomic mass is 16.6. The van der Waals surface area contributed by atoms with Gasteiger partial charge in [0.2, 0.25) is 5.91 Å². The van der Waals surface area contributed by atoms with Crippen LogP contribution in [0.4, 0.5) is 0 Å². The van der Waals surface area contributed by atoms with E-state index in [1.807, 2.05) is 27.7 Å². The average molecular weight is 257 g/mol. The third kappa shape index (κ3) is 9.02. The number of ether oxygens (including phenoxy) is 1. The molecular weight excluding hydrogens is 230 g/mol. The number of amides is 1. The van der Waals surface area contributed by atoms with Gasteiger partial charge in [0.15, 0.2) is 0 Å². The molecule has 1 atom stereocenters. The third-order valence-electron chi connectivity index (χ3n) is 2.49. The van der Waals surface area contributed by atoms with Crippen molar-refractivity contribution in [3.05, 3.63) is 0 Å². The highest BCUT2D eigenvalue weighted by molar-refractivity contribution is 5.79. The van der Waals surface area contributed by atoms with E-state index in [0.717, 1.165) is 19.3 Å². The maximum atomic E-state index is 11.7. The van der Waals surface area contributed by atoms with Gasteiger partial charge in [0.05, 0.1) is 6.42 Å². The summed E-state index contributed by atoms with van der Waals surface area (Å²) in [6, 6.07) is 0. The molecule has 4 nitrogen and oxygen atoms in total. The lowest BCUT2D eigenvalue weighted by Crippen LogP contribution is -2.32. The normalized spacial score (nSPS) is 12.9. The molecule has 0 saturated carbocycles. The van der Waals surface area contributed by atoms with Crippen LogP contribution in [0, 0.1) is 5.92 Å². The van der Waals surface area contributed by atoms with E-state index in [9.17, 15) is 9.59 Å². The van der Waals surface area contributed by atoms with Crippen molar-refractivity contribution >= 4 is 11.9 Å². The predicted molar refractivity (Wildman–Crippen MR) is 72.2 cm³/mol. The van der Waals surface area contributed by atoms with Gasteiger partial charge in [-0.2, -0.15) is 0 Å². The zero-order valence-corrected chi connectivity index (χ0v) is 12.3. The molecule has 0 aliphatic heterocycles. The third-order valence-corrected chi connectivity index (χ3v) is 2.49. The summed E-state index contributed by atoms with van der Waals surface area (Å²) in [6.45, 7) is 9.86. The summed E-state index contributed by atoms with van der Waals surface area (Å²) in [6.07, 6.45) is 3.27. The smallest absolute Gasteiger partial charge is 0.308 e. The van der Waals surface area contributed by atoms with Gasteiger partial charge < -0.3 is 10.1 Å². The Morgan fingerprint density at radius 1 is 1.28 bits per heavy atom. The summed E-state index contributed by atoms with van der Waals surface area (Å²) in [5, 5.41) is 2.77. The van der Waals surface area contributed by atoms with Crippen LogP contribution in [0.3, 0.4) is 0 Å². The fourth-order valence-electron chi connectivity index (χ4n) is 1.50. The van der Waals surface area contributed by atoms with Crippen LogP contribution in [0.15, 0.2) is 0 Å². The van der Waals surface area contributed by atoms with Crippen LogP contribution in [0.5, 0.6) is 0 Å². The molecule has 18 heavy (non-hydrogen) atoms. The largest absolute Gasteiger partial charge is 0.460 e. The first-order chi connectivity index (χ1) is 8.26. The Hall–Kier alpha value is -1.06. The van der Waals surface area contributed by atoms with E-state index in [4.69, 9.17) is 4.74 Å². The van der Waals surface area contributed by atoms with E-state index in [2.05, 4.69) is 12.2 Å². The quantitative estimate of drug-likeness (QED) is 0.713. The Bertz CT molecular complexity index is 269. The summed E-state index contributed by atoms with van der Waals surface area (Å²) in [5.41, 5.74) is -0.463. The van der Waals surface area contributed by atoms with Gasteiger partial charge in [-0.25, -0.2) is 0 Å². The van der Waals surface area contributed by atoms with E-state index in [1.54, 1.807) is 0 Å². The zero-order valence-electron chi connectivity index (χ0n) is 12.3. The van der Waals surface area contributed by atoms with Crippen LogP contribution in [0.2, 0.25) is 0 Å². The molecule has 0 saturated heterocycles. The molecule has 0 bridgehead atoms. The predicted octanol–water partition coefficient (Wildman–Crippen LogP) is 2.66. The molecule has 0 aromatic carbocycles.